The van der Waals surface area contributed by atoms with Crippen molar-refractivity contribution in [3.05, 3.63) is 47.7 Å². The Hall–Kier alpha value is -2.31. The highest BCUT2D eigenvalue weighted by atomic mass is 19.4. The Morgan fingerprint density at radius 1 is 1.26 bits per heavy atom. The Bertz CT molecular complexity index is 604. The molecular formula is C12H10F3N3O. The molecular weight excluding hydrogens is 259 g/mol. The van der Waals surface area contributed by atoms with E-state index >= 15 is 0 Å². The molecule has 1 aromatic heterocycles. The molecule has 1 amide bonds. The number of aromatic nitrogens is 2. The van der Waals surface area contributed by atoms with Crippen LogP contribution in [0.5, 0.6) is 0 Å². The monoisotopic (exact) mass is 269 g/mol. The minimum absolute atomic E-state index is 0.199. The molecule has 0 unspecified atom stereocenters. The van der Waals surface area contributed by atoms with Crippen molar-refractivity contribution in [3.8, 4) is 0 Å². The topological polar surface area (TPSA) is 46.9 Å². The third-order valence-corrected chi connectivity index (χ3v) is 2.43. The zero-order valence-electron chi connectivity index (χ0n) is 9.90. The van der Waals surface area contributed by atoms with Crippen molar-refractivity contribution in [1.29, 1.82) is 0 Å². The van der Waals surface area contributed by atoms with Gasteiger partial charge in [-0.25, -0.2) is 0 Å². The van der Waals surface area contributed by atoms with E-state index < -0.39 is 23.2 Å². The van der Waals surface area contributed by atoms with E-state index in [2.05, 4.69) is 10.4 Å². The average molecular weight is 269 g/mol. The first-order chi connectivity index (χ1) is 8.88. The van der Waals surface area contributed by atoms with Crippen molar-refractivity contribution >= 4 is 11.7 Å². The number of rotatable bonds is 2. The molecule has 2 aromatic rings. The molecule has 0 radical (unpaired) electrons. The summed E-state index contributed by atoms with van der Waals surface area (Å²) in [4.78, 5) is 11.8. The summed E-state index contributed by atoms with van der Waals surface area (Å²) in [6.45, 7) is 0. The first-order valence-electron chi connectivity index (χ1n) is 5.35. The van der Waals surface area contributed by atoms with Gasteiger partial charge in [0.2, 0.25) is 0 Å². The molecule has 100 valence electrons. The van der Waals surface area contributed by atoms with Gasteiger partial charge in [0.1, 0.15) is 0 Å². The van der Waals surface area contributed by atoms with Crippen molar-refractivity contribution in [2.75, 3.05) is 5.32 Å². The maximum absolute atomic E-state index is 12.8. The molecule has 1 aromatic carbocycles. The Balaban J connectivity index is 2.29. The molecule has 0 saturated carbocycles. The van der Waals surface area contributed by atoms with Crippen molar-refractivity contribution in [2.24, 2.45) is 7.05 Å². The SMILES string of the molecule is Cn1ccc(NC(=O)c2ccccc2C(F)(F)F)n1. The zero-order chi connectivity index (χ0) is 14.0. The van der Waals surface area contributed by atoms with Crippen LogP contribution in [0.15, 0.2) is 36.5 Å². The lowest BCUT2D eigenvalue weighted by Gasteiger charge is -2.11. The predicted octanol–water partition coefficient (Wildman–Crippen LogP) is 2.69. The molecule has 0 atom stereocenters. The first-order valence-corrected chi connectivity index (χ1v) is 5.35. The third kappa shape index (κ3) is 2.93. The Kier molecular flexibility index (Phi) is 3.28. The lowest BCUT2D eigenvalue weighted by atomic mass is 10.1. The summed E-state index contributed by atoms with van der Waals surface area (Å²) in [6, 6.07) is 6.10. The van der Waals surface area contributed by atoms with Crippen molar-refractivity contribution in [1.82, 2.24) is 9.78 Å². The van der Waals surface area contributed by atoms with Gasteiger partial charge in [-0.3, -0.25) is 9.48 Å². The molecule has 7 heteroatoms. The number of nitrogens with zero attached hydrogens (tertiary/aromatic N) is 2. The minimum Gasteiger partial charge on any atom is -0.305 e. The number of benzene rings is 1. The number of carbonyl (C=O) groups excluding carboxylic acids is 1. The molecule has 0 aliphatic carbocycles. The van der Waals surface area contributed by atoms with Crippen LogP contribution < -0.4 is 5.32 Å². The van der Waals surface area contributed by atoms with E-state index in [1.807, 2.05) is 0 Å². The highest BCUT2D eigenvalue weighted by Crippen LogP contribution is 2.32. The second kappa shape index (κ2) is 4.75. The molecule has 1 N–H and O–H groups in total. The third-order valence-electron chi connectivity index (χ3n) is 2.43. The van der Waals surface area contributed by atoms with Gasteiger partial charge in [0.25, 0.3) is 5.91 Å². The van der Waals surface area contributed by atoms with Crippen molar-refractivity contribution in [3.63, 3.8) is 0 Å². The van der Waals surface area contributed by atoms with Gasteiger partial charge in [-0.15, -0.1) is 0 Å². The molecule has 1 heterocycles. The number of aryl methyl sites for hydroxylation is 1. The van der Waals surface area contributed by atoms with Crippen LogP contribution >= 0.6 is 0 Å². The number of hydrogen-bond acceptors (Lipinski definition) is 2. The normalized spacial score (nSPS) is 11.4. The summed E-state index contributed by atoms with van der Waals surface area (Å²) in [5, 5.41) is 6.19. The Morgan fingerprint density at radius 2 is 1.95 bits per heavy atom. The van der Waals surface area contributed by atoms with Crippen LogP contribution in [0.25, 0.3) is 0 Å². The van der Waals surface area contributed by atoms with E-state index in [1.54, 1.807) is 13.2 Å². The van der Waals surface area contributed by atoms with Crippen LogP contribution in [0, 0.1) is 0 Å². The average Bonchev–Trinajstić information content (AvgIpc) is 2.73. The second-order valence-electron chi connectivity index (χ2n) is 3.87. The maximum atomic E-state index is 12.8. The van der Waals surface area contributed by atoms with Crippen LogP contribution in [0.1, 0.15) is 15.9 Å². The van der Waals surface area contributed by atoms with E-state index in [9.17, 15) is 18.0 Å². The summed E-state index contributed by atoms with van der Waals surface area (Å²) in [5.74, 6) is -0.642. The van der Waals surface area contributed by atoms with E-state index in [0.717, 1.165) is 12.1 Å². The number of carbonyl (C=O) groups is 1. The molecule has 4 nitrogen and oxygen atoms in total. The van der Waals surface area contributed by atoms with Gasteiger partial charge < -0.3 is 5.32 Å². The van der Waals surface area contributed by atoms with Crippen LogP contribution in [0.3, 0.4) is 0 Å². The van der Waals surface area contributed by atoms with Gasteiger partial charge in [-0.05, 0) is 12.1 Å². The summed E-state index contributed by atoms with van der Waals surface area (Å²) in [7, 11) is 1.64. The molecule has 2 rings (SSSR count). The molecule has 0 saturated heterocycles. The highest BCUT2D eigenvalue weighted by molar-refractivity contribution is 6.04. The quantitative estimate of drug-likeness (QED) is 0.911. The van der Waals surface area contributed by atoms with E-state index in [4.69, 9.17) is 0 Å². The number of amides is 1. The number of nitrogens with one attached hydrogen (secondary N) is 1. The predicted molar refractivity (Wildman–Crippen MR) is 62.6 cm³/mol. The van der Waals surface area contributed by atoms with E-state index in [1.165, 1.54) is 22.9 Å². The molecule has 0 bridgehead atoms. The summed E-state index contributed by atoms with van der Waals surface area (Å²) < 4.78 is 39.7. The van der Waals surface area contributed by atoms with Gasteiger partial charge in [0, 0.05) is 19.3 Å². The Labute approximate surface area is 106 Å². The van der Waals surface area contributed by atoms with Crippen LogP contribution in [-0.4, -0.2) is 15.7 Å². The first kappa shape index (κ1) is 13.1. The largest absolute Gasteiger partial charge is 0.417 e. The Morgan fingerprint density at radius 3 is 2.53 bits per heavy atom. The fourth-order valence-electron chi connectivity index (χ4n) is 1.59. The molecule has 0 aliphatic heterocycles. The highest BCUT2D eigenvalue weighted by Gasteiger charge is 2.34. The smallest absolute Gasteiger partial charge is 0.305 e. The number of hydrogen-bond donors (Lipinski definition) is 1. The molecule has 0 fully saturated rings. The van der Waals surface area contributed by atoms with E-state index in [-0.39, 0.29) is 5.82 Å². The van der Waals surface area contributed by atoms with Gasteiger partial charge in [-0.2, -0.15) is 18.3 Å². The number of halogens is 3. The maximum Gasteiger partial charge on any atom is 0.417 e. The van der Waals surface area contributed by atoms with Crippen molar-refractivity contribution in [2.45, 2.75) is 6.18 Å². The minimum atomic E-state index is -4.57. The summed E-state index contributed by atoms with van der Waals surface area (Å²) in [5.41, 5.74) is -1.40. The van der Waals surface area contributed by atoms with Gasteiger partial charge in [0.05, 0.1) is 11.1 Å². The molecule has 0 aliphatic rings. The molecule has 19 heavy (non-hydrogen) atoms. The van der Waals surface area contributed by atoms with Gasteiger partial charge in [-0.1, -0.05) is 12.1 Å². The van der Waals surface area contributed by atoms with Crippen molar-refractivity contribution < 1.29 is 18.0 Å². The van der Waals surface area contributed by atoms with Crippen LogP contribution in [0.2, 0.25) is 0 Å². The lowest BCUT2D eigenvalue weighted by molar-refractivity contribution is -0.137. The number of alkyl halides is 3. The summed E-state index contributed by atoms with van der Waals surface area (Å²) >= 11 is 0. The second-order valence-corrected chi connectivity index (χ2v) is 3.87. The lowest BCUT2D eigenvalue weighted by Crippen LogP contribution is -2.18. The standard InChI is InChI=1S/C12H10F3N3O/c1-18-7-6-10(17-18)16-11(19)8-4-2-3-5-9(8)12(13,14)15/h2-7H,1H3,(H,16,17,19). The van der Waals surface area contributed by atoms with E-state index in [0.29, 0.717) is 0 Å². The zero-order valence-corrected chi connectivity index (χ0v) is 9.90. The van der Waals surface area contributed by atoms with Crippen LogP contribution in [-0.2, 0) is 13.2 Å². The summed E-state index contributed by atoms with van der Waals surface area (Å²) in [6.07, 6.45) is -3.00. The molecule has 0 spiro atoms. The van der Waals surface area contributed by atoms with Crippen LogP contribution in [0.4, 0.5) is 19.0 Å². The number of anilines is 1. The van der Waals surface area contributed by atoms with Gasteiger partial charge in [0.15, 0.2) is 5.82 Å². The fourth-order valence-corrected chi connectivity index (χ4v) is 1.59. The van der Waals surface area contributed by atoms with Gasteiger partial charge >= 0.3 is 6.18 Å². The fraction of sp³-hybridized carbons (Fsp3) is 0.167.